The first-order valence-corrected chi connectivity index (χ1v) is 9.62. The Bertz CT molecular complexity index is 348. The molecule has 0 saturated heterocycles. The molecule has 132 valence electrons. The van der Waals surface area contributed by atoms with Gasteiger partial charge in [-0.25, -0.2) is 0 Å². The van der Waals surface area contributed by atoms with E-state index in [0.717, 1.165) is 32.1 Å². The Kier molecular flexibility index (Phi) is 18.2. The Labute approximate surface area is 148 Å². The standard InChI is InChI=1S/C20H34ClNO/c1-2-3-4-5-6-7-8-9-10-11-12-13-14-15-16-17-20(23)22-19-18-21/h3-4,6-7,9-10H,2,5,8,11-19H2,1H3,(H,22,23)/b4-3-,7-6-,10-9-. The van der Waals surface area contributed by atoms with Crippen LogP contribution in [0, 0.1) is 0 Å². The molecule has 0 radical (unpaired) electrons. The van der Waals surface area contributed by atoms with Crippen LogP contribution in [0.1, 0.15) is 71.1 Å². The number of alkyl halides is 1. The molecule has 0 aromatic rings. The quantitative estimate of drug-likeness (QED) is 0.223. The maximum atomic E-state index is 11.3. The Hall–Kier alpha value is -1.02. The highest BCUT2D eigenvalue weighted by atomic mass is 35.5. The van der Waals surface area contributed by atoms with Crippen molar-refractivity contribution >= 4 is 17.5 Å². The van der Waals surface area contributed by atoms with E-state index in [4.69, 9.17) is 11.6 Å². The van der Waals surface area contributed by atoms with Crippen LogP contribution in [0.3, 0.4) is 0 Å². The summed E-state index contributed by atoms with van der Waals surface area (Å²) >= 11 is 5.52. The molecule has 0 aromatic heterocycles. The number of halogens is 1. The maximum Gasteiger partial charge on any atom is 0.220 e. The highest BCUT2D eigenvalue weighted by molar-refractivity contribution is 6.18. The number of carbonyl (C=O) groups is 1. The van der Waals surface area contributed by atoms with Crippen molar-refractivity contribution in [3.05, 3.63) is 36.5 Å². The van der Waals surface area contributed by atoms with Gasteiger partial charge in [-0.2, -0.15) is 0 Å². The number of unbranched alkanes of at least 4 members (excludes halogenated alkanes) is 5. The first-order chi connectivity index (χ1) is 11.3. The van der Waals surface area contributed by atoms with Crippen LogP contribution in [0.25, 0.3) is 0 Å². The van der Waals surface area contributed by atoms with Gasteiger partial charge in [-0.3, -0.25) is 4.79 Å². The average molecular weight is 340 g/mol. The van der Waals surface area contributed by atoms with Gasteiger partial charge in [0.2, 0.25) is 5.91 Å². The number of nitrogens with one attached hydrogen (secondary N) is 1. The molecule has 0 heterocycles. The molecule has 0 aliphatic rings. The molecule has 0 fully saturated rings. The van der Waals surface area contributed by atoms with Crippen molar-refractivity contribution in [2.75, 3.05) is 12.4 Å². The number of carbonyl (C=O) groups excluding carboxylic acids is 1. The van der Waals surface area contributed by atoms with Crippen LogP contribution in [-0.2, 0) is 4.79 Å². The van der Waals surface area contributed by atoms with Gasteiger partial charge in [0.05, 0.1) is 0 Å². The molecule has 0 aliphatic carbocycles. The molecule has 0 atom stereocenters. The molecule has 1 amide bonds. The fraction of sp³-hybridized carbons (Fsp3) is 0.650. The van der Waals surface area contributed by atoms with E-state index in [9.17, 15) is 4.79 Å². The lowest BCUT2D eigenvalue weighted by Crippen LogP contribution is -2.24. The second-order valence-corrected chi connectivity index (χ2v) is 6.02. The molecule has 0 aromatic carbocycles. The van der Waals surface area contributed by atoms with E-state index in [1.165, 1.54) is 25.7 Å². The van der Waals surface area contributed by atoms with Gasteiger partial charge in [-0.05, 0) is 38.5 Å². The number of hydrogen-bond donors (Lipinski definition) is 1. The van der Waals surface area contributed by atoms with E-state index in [0.29, 0.717) is 18.8 Å². The summed E-state index contributed by atoms with van der Waals surface area (Å²) in [4.78, 5) is 11.3. The van der Waals surface area contributed by atoms with Crippen molar-refractivity contribution in [2.24, 2.45) is 0 Å². The third-order valence-electron chi connectivity index (χ3n) is 3.47. The fourth-order valence-corrected chi connectivity index (χ4v) is 2.27. The van der Waals surface area contributed by atoms with Gasteiger partial charge in [-0.1, -0.05) is 62.6 Å². The van der Waals surface area contributed by atoms with Crippen LogP contribution in [0.15, 0.2) is 36.5 Å². The van der Waals surface area contributed by atoms with Crippen molar-refractivity contribution < 1.29 is 4.79 Å². The summed E-state index contributed by atoms with van der Waals surface area (Å²) in [5, 5.41) is 2.79. The van der Waals surface area contributed by atoms with Gasteiger partial charge >= 0.3 is 0 Å². The topological polar surface area (TPSA) is 29.1 Å². The first kappa shape index (κ1) is 22.0. The Morgan fingerprint density at radius 1 is 0.870 bits per heavy atom. The molecule has 0 spiro atoms. The summed E-state index contributed by atoms with van der Waals surface area (Å²) in [7, 11) is 0. The minimum atomic E-state index is 0.131. The van der Waals surface area contributed by atoms with Crippen LogP contribution in [-0.4, -0.2) is 18.3 Å². The monoisotopic (exact) mass is 339 g/mol. The van der Waals surface area contributed by atoms with E-state index in [2.05, 4.69) is 48.7 Å². The third-order valence-corrected chi connectivity index (χ3v) is 3.66. The second kappa shape index (κ2) is 19.0. The van der Waals surface area contributed by atoms with E-state index >= 15 is 0 Å². The summed E-state index contributed by atoms with van der Waals surface area (Å²) in [6.07, 6.45) is 24.3. The molecule has 0 saturated carbocycles. The van der Waals surface area contributed by atoms with Crippen molar-refractivity contribution in [3.63, 3.8) is 0 Å². The van der Waals surface area contributed by atoms with Gasteiger partial charge in [0, 0.05) is 18.8 Å². The fourth-order valence-electron chi connectivity index (χ4n) is 2.18. The molecule has 3 heteroatoms. The Morgan fingerprint density at radius 3 is 2.17 bits per heavy atom. The Balaban J connectivity index is 3.28. The molecule has 0 bridgehead atoms. The van der Waals surface area contributed by atoms with Gasteiger partial charge in [0.1, 0.15) is 0 Å². The Morgan fingerprint density at radius 2 is 1.48 bits per heavy atom. The third kappa shape index (κ3) is 18.9. The molecular formula is C20H34ClNO. The van der Waals surface area contributed by atoms with Crippen LogP contribution >= 0.6 is 11.6 Å². The summed E-state index contributed by atoms with van der Waals surface area (Å²) in [5.41, 5.74) is 0. The molecule has 0 rings (SSSR count). The second-order valence-electron chi connectivity index (χ2n) is 5.64. The summed E-state index contributed by atoms with van der Waals surface area (Å²) in [6.45, 7) is 2.74. The minimum absolute atomic E-state index is 0.131. The van der Waals surface area contributed by atoms with Gasteiger partial charge in [0.15, 0.2) is 0 Å². The van der Waals surface area contributed by atoms with Crippen molar-refractivity contribution in [1.29, 1.82) is 0 Å². The summed E-state index contributed by atoms with van der Waals surface area (Å²) in [6, 6.07) is 0. The smallest absolute Gasteiger partial charge is 0.220 e. The molecule has 0 aliphatic heterocycles. The number of amides is 1. The van der Waals surface area contributed by atoms with Crippen LogP contribution in [0.2, 0.25) is 0 Å². The van der Waals surface area contributed by atoms with Crippen LogP contribution < -0.4 is 5.32 Å². The SMILES string of the molecule is CC/C=C\C/C=C\C/C=C\CCCCCCCC(=O)NCCCl. The number of rotatable bonds is 15. The van der Waals surface area contributed by atoms with Crippen molar-refractivity contribution in [3.8, 4) is 0 Å². The lowest BCUT2D eigenvalue weighted by atomic mass is 10.1. The van der Waals surface area contributed by atoms with Crippen LogP contribution in [0.5, 0.6) is 0 Å². The van der Waals surface area contributed by atoms with E-state index < -0.39 is 0 Å². The first-order valence-electron chi connectivity index (χ1n) is 9.09. The average Bonchev–Trinajstić information content (AvgIpc) is 2.56. The van der Waals surface area contributed by atoms with Gasteiger partial charge in [0.25, 0.3) is 0 Å². The lowest BCUT2D eigenvalue weighted by Gasteiger charge is -2.02. The van der Waals surface area contributed by atoms with E-state index in [1.54, 1.807) is 0 Å². The van der Waals surface area contributed by atoms with Crippen molar-refractivity contribution in [2.45, 2.75) is 71.1 Å². The molecule has 0 unspecified atom stereocenters. The zero-order valence-corrected chi connectivity index (χ0v) is 15.5. The van der Waals surface area contributed by atoms with E-state index in [1.807, 2.05) is 0 Å². The summed E-state index contributed by atoms with van der Waals surface area (Å²) in [5.74, 6) is 0.622. The van der Waals surface area contributed by atoms with Crippen LogP contribution in [0.4, 0.5) is 0 Å². The predicted octanol–water partition coefficient (Wildman–Crippen LogP) is 5.93. The zero-order valence-electron chi connectivity index (χ0n) is 14.7. The molecular weight excluding hydrogens is 306 g/mol. The normalized spacial score (nSPS) is 11.9. The predicted molar refractivity (Wildman–Crippen MR) is 103 cm³/mol. The lowest BCUT2D eigenvalue weighted by molar-refractivity contribution is -0.121. The molecule has 1 N–H and O–H groups in total. The van der Waals surface area contributed by atoms with Gasteiger partial charge in [-0.15, -0.1) is 11.6 Å². The summed E-state index contributed by atoms with van der Waals surface area (Å²) < 4.78 is 0. The number of allylic oxidation sites excluding steroid dienone is 6. The minimum Gasteiger partial charge on any atom is -0.355 e. The maximum absolute atomic E-state index is 11.3. The highest BCUT2D eigenvalue weighted by Gasteiger charge is 1.99. The highest BCUT2D eigenvalue weighted by Crippen LogP contribution is 2.08. The zero-order chi connectivity index (χ0) is 17.0. The number of hydrogen-bond acceptors (Lipinski definition) is 1. The van der Waals surface area contributed by atoms with Crippen molar-refractivity contribution in [1.82, 2.24) is 5.32 Å². The molecule has 2 nitrogen and oxygen atoms in total. The largest absolute Gasteiger partial charge is 0.355 e. The van der Waals surface area contributed by atoms with Gasteiger partial charge < -0.3 is 5.32 Å². The molecule has 23 heavy (non-hydrogen) atoms. The van der Waals surface area contributed by atoms with E-state index in [-0.39, 0.29) is 5.91 Å².